The van der Waals surface area contributed by atoms with Crippen LogP contribution in [0.1, 0.15) is 26.7 Å². The highest BCUT2D eigenvalue weighted by molar-refractivity contribution is 5.74. The van der Waals surface area contributed by atoms with Gasteiger partial charge >= 0.3 is 0 Å². The van der Waals surface area contributed by atoms with Crippen LogP contribution in [0, 0.1) is 0 Å². The summed E-state index contributed by atoms with van der Waals surface area (Å²) in [6.07, 6.45) is 2.96. The highest BCUT2D eigenvalue weighted by Crippen LogP contribution is 2.08. The van der Waals surface area contributed by atoms with Crippen LogP contribution in [0.2, 0.25) is 0 Å². The summed E-state index contributed by atoms with van der Waals surface area (Å²) in [5.41, 5.74) is 5.12. The van der Waals surface area contributed by atoms with Gasteiger partial charge in [-0.3, -0.25) is 4.79 Å². The second kappa shape index (κ2) is 6.67. The Labute approximate surface area is 101 Å². The lowest BCUT2D eigenvalue weighted by Crippen LogP contribution is -2.24. The average molecular weight is 237 g/mol. The molecule has 4 N–H and O–H groups in total. The Morgan fingerprint density at radius 1 is 1.59 bits per heavy atom. The Morgan fingerprint density at radius 2 is 2.35 bits per heavy atom. The summed E-state index contributed by atoms with van der Waals surface area (Å²) in [6, 6.07) is 1.72. The van der Waals surface area contributed by atoms with Crippen molar-refractivity contribution in [3.05, 3.63) is 12.3 Å². The van der Waals surface area contributed by atoms with Crippen molar-refractivity contribution in [2.24, 2.45) is 5.73 Å². The van der Waals surface area contributed by atoms with E-state index < -0.39 is 0 Å². The Morgan fingerprint density at radius 3 is 3.00 bits per heavy atom. The molecule has 1 aromatic rings. The van der Waals surface area contributed by atoms with E-state index in [1.165, 1.54) is 0 Å². The molecule has 94 valence electrons. The van der Waals surface area contributed by atoms with Crippen LogP contribution in [0.25, 0.3) is 0 Å². The lowest BCUT2D eigenvalue weighted by molar-refractivity contribution is -0.118. The third-order valence-corrected chi connectivity index (χ3v) is 2.09. The van der Waals surface area contributed by atoms with Gasteiger partial charge in [0.15, 0.2) is 0 Å². The Hall–Kier alpha value is -1.85. The van der Waals surface area contributed by atoms with Crippen molar-refractivity contribution in [2.75, 3.05) is 17.2 Å². The zero-order valence-electron chi connectivity index (χ0n) is 10.2. The fourth-order valence-corrected chi connectivity index (χ4v) is 1.37. The Balaban J connectivity index is 2.55. The highest BCUT2D eigenvalue weighted by atomic mass is 16.1. The highest BCUT2D eigenvalue weighted by Gasteiger charge is 2.06. The number of nitrogens with zero attached hydrogens (tertiary/aromatic N) is 2. The summed E-state index contributed by atoms with van der Waals surface area (Å²) in [5.74, 6) is 0.943. The monoisotopic (exact) mass is 237 g/mol. The van der Waals surface area contributed by atoms with Gasteiger partial charge < -0.3 is 16.4 Å². The molecule has 0 bridgehead atoms. The summed E-state index contributed by atoms with van der Waals surface area (Å²) in [4.78, 5) is 19.1. The quantitative estimate of drug-likeness (QED) is 0.657. The van der Waals surface area contributed by atoms with Gasteiger partial charge in [0.05, 0.1) is 0 Å². The van der Waals surface area contributed by atoms with Crippen molar-refractivity contribution in [3.63, 3.8) is 0 Å². The molecule has 0 aliphatic heterocycles. The maximum absolute atomic E-state index is 10.7. The molecule has 0 fully saturated rings. The van der Waals surface area contributed by atoms with Crippen LogP contribution >= 0.6 is 0 Å². The van der Waals surface area contributed by atoms with Crippen molar-refractivity contribution >= 4 is 17.7 Å². The van der Waals surface area contributed by atoms with Gasteiger partial charge in [0.1, 0.15) is 5.82 Å². The lowest BCUT2D eigenvalue weighted by Gasteiger charge is -2.13. The van der Waals surface area contributed by atoms with Crippen LogP contribution in [0.4, 0.5) is 11.8 Å². The lowest BCUT2D eigenvalue weighted by atomic mass is 10.2. The number of nitrogens with one attached hydrogen (secondary N) is 2. The Bertz CT molecular complexity index is 369. The third-order valence-electron chi connectivity index (χ3n) is 2.09. The zero-order chi connectivity index (χ0) is 12.7. The minimum Gasteiger partial charge on any atom is -0.370 e. The summed E-state index contributed by atoms with van der Waals surface area (Å²) in [5, 5.41) is 6.19. The van der Waals surface area contributed by atoms with Gasteiger partial charge in [-0.25, -0.2) is 4.98 Å². The van der Waals surface area contributed by atoms with Gasteiger partial charge in [0.2, 0.25) is 11.9 Å². The summed E-state index contributed by atoms with van der Waals surface area (Å²) in [6.45, 7) is 4.79. The SMILES string of the molecule is CCCNc1nccc(NC(C)CC(N)=O)n1. The van der Waals surface area contributed by atoms with Crippen molar-refractivity contribution in [2.45, 2.75) is 32.7 Å². The van der Waals surface area contributed by atoms with Crippen molar-refractivity contribution in [1.29, 1.82) is 0 Å². The second-order valence-electron chi connectivity index (χ2n) is 3.91. The number of aromatic nitrogens is 2. The average Bonchev–Trinajstić information content (AvgIpc) is 2.25. The zero-order valence-corrected chi connectivity index (χ0v) is 10.2. The van der Waals surface area contributed by atoms with E-state index in [0.29, 0.717) is 11.8 Å². The minimum absolute atomic E-state index is 0.0403. The van der Waals surface area contributed by atoms with Crippen LogP contribution in [0.5, 0.6) is 0 Å². The van der Waals surface area contributed by atoms with Crippen molar-refractivity contribution in [3.8, 4) is 0 Å². The van der Waals surface area contributed by atoms with Gasteiger partial charge in [0.25, 0.3) is 0 Å². The topological polar surface area (TPSA) is 92.9 Å². The number of nitrogens with two attached hydrogens (primary N) is 1. The molecule has 6 heteroatoms. The van der Waals surface area contributed by atoms with Crippen LogP contribution in [0.15, 0.2) is 12.3 Å². The number of carbonyl (C=O) groups is 1. The summed E-state index contributed by atoms with van der Waals surface area (Å²) >= 11 is 0. The molecule has 0 saturated carbocycles. The fraction of sp³-hybridized carbons (Fsp3) is 0.545. The number of primary amides is 1. The number of hydrogen-bond donors (Lipinski definition) is 3. The van der Waals surface area contributed by atoms with E-state index in [9.17, 15) is 4.79 Å². The van der Waals surface area contributed by atoms with E-state index in [0.717, 1.165) is 13.0 Å². The molecule has 0 spiro atoms. The molecule has 1 atom stereocenters. The normalized spacial score (nSPS) is 11.9. The van der Waals surface area contributed by atoms with Crippen LogP contribution in [-0.2, 0) is 4.79 Å². The Kier molecular flexibility index (Phi) is 5.19. The molecule has 0 saturated heterocycles. The third kappa shape index (κ3) is 5.14. The van der Waals surface area contributed by atoms with E-state index in [-0.39, 0.29) is 18.4 Å². The number of rotatable bonds is 7. The second-order valence-corrected chi connectivity index (χ2v) is 3.91. The number of amides is 1. The molecule has 17 heavy (non-hydrogen) atoms. The van der Waals surface area contributed by atoms with E-state index in [4.69, 9.17) is 5.73 Å². The first-order valence-electron chi connectivity index (χ1n) is 5.73. The fourth-order valence-electron chi connectivity index (χ4n) is 1.37. The molecule has 1 aromatic heterocycles. The van der Waals surface area contributed by atoms with E-state index in [1.54, 1.807) is 12.3 Å². The maximum atomic E-state index is 10.7. The largest absolute Gasteiger partial charge is 0.370 e. The minimum atomic E-state index is -0.330. The molecule has 1 unspecified atom stereocenters. The van der Waals surface area contributed by atoms with Crippen molar-refractivity contribution in [1.82, 2.24) is 9.97 Å². The van der Waals surface area contributed by atoms with Crippen molar-refractivity contribution < 1.29 is 4.79 Å². The molecule has 0 aromatic carbocycles. The number of carbonyl (C=O) groups excluding carboxylic acids is 1. The summed E-state index contributed by atoms with van der Waals surface area (Å²) < 4.78 is 0. The number of hydrogen-bond acceptors (Lipinski definition) is 5. The van der Waals surface area contributed by atoms with Crippen LogP contribution in [-0.4, -0.2) is 28.5 Å². The summed E-state index contributed by atoms with van der Waals surface area (Å²) in [7, 11) is 0. The predicted octanol–water partition coefficient (Wildman–Crippen LogP) is 0.974. The standard InChI is InChI=1S/C11H19N5O/c1-3-5-13-11-14-6-4-10(16-11)15-8(2)7-9(12)17/h4,6,8H,3,5,7H2,1-2H3,(H2,12,17)(H2,13,14,15,16). The predicted molar refractivity (Wildman–Crippen MR) is 67.7 cm³/mol. The van der Waals surface area contributed by atoms with Gasteiger partial charge in [0, 0.05) is 25.2 Å². The molecule has 1 heterocycles. The van der Waals surface area contributed by atoms with Crippen LogP contribution in [0.3, 0.4) is 0 Å². The molecule has 1 amide bonds. The maximum Gasteiger partial charge on any atom is 0.224 e. The van der Waals surface area contributed by atoms with Gasteiger partial charge in [-0.05, 0) is 19.4 Å². The van der Waals surface area contributed by atoms with Gasteiger partial charge in [-0.2, -0.15) is 4.98 Å². The molecular formula is C11H19N5O. The van der Waals surface area contributed by atoms with E-state index in [1.807, 2.05) is 6.92 Å². The molecule has 0 aliphatic carbocycles. The van der Waals surface area contributed by atoms with Gasteiger partial charge in [-0.15, -0.1) is 0 Å². The molecule has 0 aliphatic rings. The smallest absolute Gasteiger partial charge is 0.224 e. The van der Waals surface area contributed by atoms with E-state index >= 15 is 0 Å². The molecule has 6 nitrogen and oxygen atoms in total. The number of anilines is 2. The molecular weight excluding hydrogens is 218 g/mol. The van der Waals surface area contributed by atoms with Crippen LogP contribution < -0.4 is 16.4 Å². The van der Waals surface area contributed by atoms with E-state index in [2.05, 4.69) is 27.5 Å². The first-order valence-corrected chi connectivity index (χ1v) is 5.73. The molecule has 0 radical (unpaired) electrons. The first-order chi connectivity index (χ1) is 8.11. The molecule has 1 rings (SSSR count). The first kappa shape index (κ1) is 13.2. The van der Waals surface area contributed by atoms with Gasteiger partial charge in [-0.1, -0.05) is 6.92 Å².